The lowest BCUT2D eigenvalue weighted by Gasteiger charge is -2.16. The van der Waals surface area contributed by atoms with E-state index in [-0.39, 0.29) is 21.6 Å². The van der Waals surface area contributed by atoms with Crippen LogP contribution in [0, 0.1) is 10.1 Å². The van der Waals surface area contributed by atoms with Gasteiger partial charge in [-0.15, -0.1) is 0 Å². The lowest BCUT2D eigenvalue weighted by molar-refractivity contribution is -0.384. The van der Waals surface area contributed by atoms with E-state index in [1.165, 1.54) is 6.07 Å². The Hall–Kier alpha value is -1.73. The SMILES string of the molecule is CCC(C)OP(=O)(O)c1cc2cc([N+](=O)[O-])c(Cl)cc2[nH]c1=O. The highest BCUT2D eigenvalue weighted by atomic mass is 35.5. The number of H-pyrrole nitrogens is 1. The van der Waals surface area contributed by atoms with Crippen molar-refractivity contribution in [2.45, 2.75) is 26.4 Å². The van der Waals surface area contributed by atoms with E-state index in [1.807, 2.05) is 0 Å². The molecule has 2 atom stereocenters. The number of nitro groups is 1. The van der Waals surface area contributed by atoms with E-state index >= 15 is 0 Å². The third-order valence-corrected chi connectivity index (χ3v) is 5.18. The molecule has 10 heteroatoms. The van der Waals surface area contributed by atoms with Gasteiger partial charge in [0.25, 0.3) is 11.2 Å². The Kier molecular flexibility index (Phi) is 4.91. The molecule has 8 nitrogen and oxygen atoms in total. The summed E-state index contributed by atoms with van der Waals surface area (Å²) in [6.45, 7) is 3.36. The van der Waals surface area contributed by atoms with Gasteiger partial charge in [0.15, 0.2) is 0 Å². The predicted octanol–water partition coefficient (Wildman–Crippen LogP) is 2.72. The van der Waals surface area contributed by atoms with Gasteiger partial charge in [0, 0.05) is 11.5 Å². The van der Waals surface area contributed by atoms with E-state index in [9.17, 15) is 24.4 Å². The Balaban J connectivity index is 2.64. The van der Waals surface area contributed by atoms with Crippen LogP contribution in [-0.4, -0.2) is 20.9 Å². The van der Waals surface area contributed by atoms with Crippen LogP contribution in [0.5, 0.6) is 0 Å². The van der Waals surface area contributed by atoms with Gasteiger partial charge in [-0.25, -0.2) is 0 Å². The fraction of sp³-hybridized carbons (Fsp3) is 0.308. The summed E-state index contributed by atoms with van der Waals surface area (Å²) in [4.78, 5) is 34.7. The van der Waals surface area contributed by atoms with Crippen LogP contribution >= 0.6 is 19.2 Å². The first-order valence-electron chi connectivity index (χ1n) is 6.68. The van der Waals surface area contributed by atoms with Crippen molar-refractivity contribution in [1.82, 2.24) is 4.98 Å². The number of halogens is 1. The number of aromatic amines is 1. The molecule has 0 radical (unpaired) electrons. The maximum Gasteiger partial charge on any atom is 0.364 e. The lowest BCUT2D eigenvalue weighted by Crippen LogP contribution is -2.29. The Morgan fingerprint density at radius 2 is 2.13 bits per heavy atom. The molecule has 0 saturated heterocycles. The number of fused-ring (bicyclic) bond motifs is 1. The maximum absolute atomic E-state index is 12.3. The van der Waals surface area contributed by atoms with Gasteiger partial charge in [-0.1, -0.05) is 18.5 Å². The van der Waals surface area contributed by atoms with Crippen LogP contribution in [0.2, 0.25) is 5.02 Å². The van der Waals surface area contributed by atoms with Gasteiger partial charge in [0.05, 0.1) is 16.5 Å². The molecule has 23 heavy (non-hydrogen) atoms. The predicted molar refractivity (Wildman–Crippen MR) is 86.5 cm³/mol. The number of hydrogen-bond acceptors (Lipinski definition) is 5. The molecule has 0 aliphatic carbocycles. The Morgan fingerprint density at radius 3 is 2.70 bits per heavy atom. The zero-order valence-corrected chi connectivity index (χ0v) is 13.9. The van der Waals surface area contributed by atoms with Gasteiger partial charge < -0.3 is 14.4 Å². The third kappa shape index (κ3) is 3.61. The van der Waals surface area contributed by atoms with Crippen LogP contribution in [0.15, 0.2) is 23.0 Å². The van der Waals surface area contributed by atoms with E-state index in [2.05, 4.69) is 4.98 Å². The average Bonchev–Trinajstić information content (AvgIpc) is 2.44. The molecule has 1 aromatic carbocycles. The summed E-state index contributed by atoms with van der Waals surface area (Å²) in [5, 5.41) is 10.5. The minimum atomic E-state index is -4.36. The first kappa shape index (κ1) is 17.6. The molecule has 124 valence electrons. The molecule has 0 bridgehead atoms. The molecule has 2 aromatic rings. The van der Waals surface area contributed by atoms with E-state index in [4.69, 9.17) is 16.1 Å². The normalized spacial score (nSPS) is 15.3. The summed E-state index contributed by atoms with van der Waals surface area (Å²) < 4.78 is 17.3. The molecule has 0 amide bonds. The van der Waals surface area contributed by atoms with Crippen molar-refractivity contribution in [3.05, 3.63) is 43.7 Å². The van der Waals surface area contributed by atoms with Gasteiger partial charge in [0.1, 0.15) is 10.3 Å². The summed E-state index contributed by atoms with van der Waals surface area (Å²) in [7, 11) is -4.36. The van der Waals surface area contributed by atoms with Crippen molar-refractivity contribution in [2.24, 2.45) is 0 Å². The molecule has 2 rings (SSSR count). The van der Waals surface area contributed by atoms with E-state index in [0.29, 0.717) is 6.42 Å². The van der Waals surface area contributed by atoms with Gasteiger partial charge >= 0.3 is 7.60 Å². The molecule has 0 aliphatic heterocycles. The fourth-order valence-electron chi connectivity index (χ4n) is 1.93. The van der Waals surface area contributed by atoms with Crippen LogP contribution in [0.1, 0.15) is 20.3 Å². The molecule has 2 unspecified atom stereocenters. The average molecular weight is 361 g/mol. The highest BCUT2D eigenvalue weighted by Crippen LogP contribution is 2.42. The molecule has 1 heterocycles. The molecule has 2 N–H and O–H groups in total. The van der Waals surface area contributed by atoms with E-state index < -0.39 is 29.5 Å². The zero-order chi connectivity index (χ0) is 17.4. The number of benzene rings is 1. The largest absolute Gasteiger partial charge is 0.364 e. The van der Waals surface area contributed by atoms with Gasteiger partial charge in [0.2, 0.25) is 0 Å². The quantitative estimate of drug-likeness (QED) is 0.480. The fourth-order valence-corrected chi connectivity index (χ4v) is 3.53. The summed E-state index contributed by atoms with van der Waals surface area (Å²) in [5.74, 6) is 0. The molecular formula is C13H14ClN2O6P. The summed E-state index contributed by atoms with van der Waals surface area (Å²) in [6, 6.07) is 3.46. The highest BCUT2D eigenvalue weighted by molar-refractivity contribution is 7.61. The number of aromatic nitrogens is 1. The van der Waals surface area contributed by atoms with Crippen LogP contribution in [0.4, 0.5) is 5.69 Å². The Labute approximate surface area is 135 Å². The monoisotopic (exact) mass is 360 g/mol. The number of nitro benzene ring substituents is 1. The number of hydrogen-bond donors (Lipinski definition) is 2. The minimum Gasteiger partial charge on any atom is -0.321 e. The maximum atomic E-state index is 12.3. The second-order valence-electron chi connectivity index (χ2n) is 4.98. The van der Waals surface area contributed by atoms with Crippen LogP contribution < -0.4 is 10.9 Å². The first-order valence-corrected chi connectivity index (χ1v) is 8.64. The standard InChI is InChI=1S/C13H14ClN2O6P/c1-3-7(2)22-23(20,21)12-5-8-4-11(16(18)19)9(14)6-10(8)15-13(12)17/h4-7H,3H2,1-2H3,(H,15,17)(H,20,21). The number of nitrogens with one attached hydrogen (secondary N) is 1. The van der Waals surface area contributed by atoms with Crippen molar-refractivity contribution in [1.29, 1.82) is 0 Å². The number of nitrogens with zero attached hydrogens (tertiary/aromatic N) is 1. The van der Waals surface area contributed by atoms with Crippen LogP contribution in [-0.2, 0) is 9.09 Å². The number of pyridine rings is 1. The van der Waals surface area contributed by atoms with Crippen LogP contribution in [0.25, 0.3) is 10.9 Å². The lowest BCUT2D eigenvalue weighted by atomic mass is 10.2. The second-order valence-corrected chi connectivity index (χ2v) is 7.12. The third-order valence-electron chi connectivity index (χ3n) is 3.29. The van der Waals surface area contributed by atoms with Crippen molar-refractivity contribution < 1.29 is 18.9 Å². The summed E-state index contributed by atoms with van der Waals surface area (Å²) >= 11 is 5.78. The molecule has 0 spiro atoms. The zero-order valence-electron chi connectivity index (χ0n) is 12.3. The van der Waals surface area contributed by atoms with Gasteiger partial charge in [-0.05, 0) is 25.5 Å². The molecule has 0 fully saturated rings. The second kappa shape index (κ2) is 6.41. The van der Waals surface area contributed by atoms with Crippen molar-refractivity contribution >= 4 is 41.1 Å². The Morgan fingerprint density at radius 1 is 1.48 bits per heavy atom. The highest BCUT2D eigenvalue weighted by Gasteiger charge is 2.29. The molecule has 1 aromatic heterocycles. The Bertz CT molecular complexity index is 881. The summed E-state index contributed by atoms with van der Waals surface area (Å²) in [5.41, 5.74) is -0.956. The van der Waals surface area contributed by atoms with E-state index in [0.717, 1.165) is 12.1 Å². The summed E-state index contributed by atoms with van der Waals surface area (Å²) in [6.07, 6.45) is -0.0441. The smallest absolute Gasteiger partial charge is 0.321 e. The topological polar surface area (TPSA) is 123 Å². The molecular weight excluding hydrogens is 347 g/mol. The van der Waals surface area contributed by atoms with Crippen molar-refractivity contribution in [3.8, 4) is 0 Å². The molecule has 0 aliphatic rings. The van der Waals surface area contributed by atoms with Gasteiger partial charge in [-0.2, -0.15) is 0 Å². The van der Waals surface area contributed by atoms with Crippen LogP contribution in [0.3, 0.4) is 0 Å². The molecule has 0 saturated carbocycles. The van der Waals surface area contributed by atoms with Gasteiger partial charge in [-0.3, -0.25) is 19.5 Å². The number of rotatable bonds is 5. The van der Waals surface area contributed by atoms with E-state index in [1.54, 1.807) is 13.8 Å². The first-order chi connectivity index (χ1) is 10.7. The van der Waals surface area contributed by atoms with Crippen molar-refractivity contribution in [3.63, 3.8) is 0 Å². The minimum absolute atomic E-state index is 0.145. The van der Waals surface area contributed by atoms with Crippen molar-refractivity contribution in [2.75, 3.05) is 0 Å².